The number of carbonyl (C=O) groups excluding carboxylic acids is 1. The first kappa shape index (κ1) is 17.4. The molecule has 2 N–H and O–H groups in total. The van der Waals surface area contributed by atoms with Crippen LogP contribution in [0.1, 0.15) is 18.5 Å². The second kappa shape index (κ2) is 7.63. The maximum Gasteiger partial charge on any atom is 0.221 e. The van der Waals surface area contributed by atoms with Gasteiger partial charge in [-0.15, -0.1) is 11.3 Å². The molecule has 0 spiro atoms. The zero-order valence-corrected chi connectivity index (χ0v) is 15.9. The van der Waals surface area contributed by atoms with Crippen LogP contribution in [0.2, 0.25) is 0 Å². The molecule has 3 rings (SSSR count). The molecule has 1 fully saturated rings. The fraction of sp³-hybridized carbons (Fsp3) is 0.412. The molecule has 7 heteroatoms. The summed E-state index contributed by atoms with van der Waals surface area (Å²) in [5, 5.41) is 3.01. The maximum atomic E-state index is 11.4. The van der Waals surface area contributed by atoms with Gasteiger partial charge in [0.05, 0.1) is 24.3 Å². The molecule has 0 unspecified atom stereocenters. The van der Waals surface area contributed by atoms with Crippen LogP contribution < -0.4 is 10.5 Å². The number of hydrogen-bond acceptors (Lipinski definition) is 5. The number of nitrogens with zero attached hydrogens (tertiary/aromatic N) is 2. The van der Waals surface area contributed by atoms with Crippen molar-refractivity contribution in [3.63, 3.8) is 0 Å². The summed E-state index contributed by atoms with van der Waals surface area (Å²) in [6.07, 6.45) is 1.90. The van der Waals surface area contributed by atoms with Gasteiger partial charge >= 0.3 is 0 Å². The molecular weight excluding hydrogens is 390 g/mol. The van der Waals surface area contributed by atoms with Crippen molar-refractivity contribution in [3.05, 3.63) is 33.7 Å². The highest BCUT2D eigenvalue weighted by atomic mass is 79.9. The predicted octanol–water partition coefficient (Wildman–Crippen LogP) is 3.28. The molecule has 1 aromatic heterocycles. The number of nitrogens with two attached hydrogens (primary N) is 1. The van der Waals surface area contributed by atoms with E-state index < -0.39 is 0 Å². The van der Waals surface area contributed by atoms with E-state index in [1.165, 1.54) is 0 Å². The average Bonchev–Trinajstić information content (AvgIpc) is 3.03. The number of benzene rings is 1. The Hall–Kier alpha value is -1.44. The number of aromatic nitrogens is 1. The normalized spacial score (nSPS) is 18.5. The Balaban J connectivity index is 1.74. The summed E-state index contributed by atoms with van der Waals surface area (Å²) >= 11 is 5.10. The van der Waals surface area contributed by atoms with Gasteiger partial charge in [-0.2, -0.15) is 0 Å². The molecule has 0 bridgehead atoms. The monoisotopic (exact) mass is 409 g/mol. The van der Waals surface area contributed by atoms with E-state index in [2.05, 4.69) is 26.2 Å². The third-order valence-electron chi connectivity index (χ3n) is 4.24. The highest BCUT2D eigenvalue weighted by Crippen LogP contribution is 2.34. The zero-order valence-electron chi connectivity index (χ0n) is 13.5. The van der Waals surface area contributed by atoms with Crippen molar-refractivity contribution in [1.82, 2.24) is 9.88 Å². The van der Waals surface area contributed by atoms with E-state index in [1.807, 2.05) is 18.2 Å². The van der Waals surface area contributed by atoms with Crippen molar-refractivity contribution < 1.29 is 9.53 Å². The van der Waals surface area contributed by atoms with Gasteiger partial charge in [0, 0.05) is 22.9 Å². The predicted molar refractivity (Wildman–Crippen MR) is 99.0 cm³/mol. The smallest absolute Gasteiger partial charge is 0.221 e. The number of halogens is 1. The molecule has 0 radical (unpaired) electrons. The van der Waals surface area contributed by atoms with Crippen LogP contribution in [0.5, 0.6) is 5.75 Å². The van der Waals surface area contributed by atoms with Gasteiger partial charge < -0.3 is 10.5 Å². The summed E-state index contributed by atoms with van der Waals surface area (Å²) < 4.78 is 6.43. The molecule has 24 heavy (non-hydrogen) atoms. The van der Waals surface area contributed by atoms with Crippen molar-refractivity contribution in [2.45, 2.75) is 19.4 Å². The van der Waals surface area contributed by atoms with Crippen LogP contribution >= 0.6 is 27.3 Å². The molecule has 128 valence electrons. The van der Waals surface area contributed by atoms with Crippen LogP contribution in [0.25, 0.3) is 10.6 Å². The minimum Gasteiger partial charge on any atom is -0.496 e. The minimum atomic E-state index is -0.197. The SMILES string of the molecule is COc1ccc(Br)cc1-c1nc(CN2CCC[C@@H](C(N)=O)C2)cs1. The molecule has 1 aromatic carbocycles. The van der Waals surface area contributed by atoms with Crippen LogP contribution in [-0.4, -0.2) is 36.0 Å². The summed E-state index contributed by atoms with van der Waals surface area (Å²) in [5.74, 6) is 0.574. The van der Waals surface area contributed by atoms with Gasteiger partial charge in [-0.3, -0.25) is 9.69 Å². The Morgan fingerprint density at radius 1 is 1.54 bits per heavy atom. The highest BCUT2D eigenvalue weighted by Gasteiger charge is 2.24. The quantitative estimate of drug-likeness (QED) is 0.822. The van der Waals surface area contributed by atoms with Gasteiger partial charge in [0.1, 0.15) is 10.8 Å². The minimum absolute atomic E-state index is 0.0398. The molecule has 1 aliphatic heterocycles. The van der Waals surface area contributed by atoms with E-state index in [0.29, 0.717) is 0 Å². The molecule has 5 nitrogen and oxygen atoms in total. The fourth-order valence-electron chi connectivity index (χ4n) is 3.01. The summed E-state index contributed by atoms with van der Waals surface area (Å²) in [7, 11) is 1.67. The first-order chi connectivity index (χ1) is 11.6. The van der Waals surface area contributed by atoms with Crippen molar-refractivity contribution in [3.8, 4) is 16.3 Å². The number of amides is 1. The third-order valence-corrected chi connectivity index (χ3v) is 5.65. The second-order valence-electron chi connectivity index (χ2n) is 5.97. The average molecular weight is 410 g/mol. The number of ether oxygens (including phenoxy) is 1. The van der Waals surface area contributed by atoms with E-state index in [0.717, 1.165) is 59.0 Å². The summed E-state index contributed by atoms with van der Waals surface area (Å²) in [6, 6.07) is 5.91. The Morgan fingerprint density at radius 2 is 2.38 bits per heavy atom. The van der Waals surface area contributed by atoms with E-state index in [-0.39, 0.29) is 11.8 Å². The Kier molecular flexibility index (Phi) is 5.53. The number of rotatable bonds is 5. The molecule has 1 saturated heterocycles. The standard InChI is InChI=1S/C17H20BrN3O2S/c1-23-15-5-4-12(18)7-14(15)17-20-13(10-24-17)9-21-6-2-3-11(8-21)16(19)22/h4-5,7,10-11H,2-3,6,8-9H2,1H3,(H2,19,22)/t11-/m1/s1. The van der Waals surface area contributed by atoms with Gasteiger partial charge in [-0.25, -0.2) is 4.98 Å². The van der Waals surface area contributed by atoms with E-state index in [4.69, 9.17) is 15.5 Å². The molecule has 1 atom stereocenters. The lowest BCUT2D eigenvalue weighted by Crippen LogP contribution is -2.40. The van der Waals surface area contributed by atoms with Crippen LogP contribution in [-0.2, 0) is 11.3 Å². The van der Waals surface area contributed by atoms with Crippen LogP contribution in [0.4, 0.5) is 0 Å². The number of likely N-dealkylation sites (tertiary alicyclic amines) is 1. The number of thiazole rings is 1. The number of hydrogen-bond donors (Lipinski definition) is 1. The zero-order chi connectivity index (χ0) is 17.1. The third kappa shape index (κ3) is 3.96. The lowest BCUT2D eigenvalue weighted by molar-refractivity contribution is -0.123. The summed E-state index contributed by atoms with van der Waals surface area (Å²) in [6.45, 7) is 2.45. The van der Waals surface area contributed by atoms with Crippen LogP contribution in [0, 0.1) is 5.92 Å². The Bertz CT molecular complexity index is 734. The van der Waals surface area contributed by atoms with Crippen molar-refractivity contribution in [2.75, 3.05) is 20.2 Å². The van der Waals surface area contributed by atoms with E-state index in [9.17, 15) is 4.79 Å². The number of piperidine rings is 1. The molecule has 1 amide bonds. The number of methoxy groups -OCH3 is 1. The molecule has 2 heterocycles. The fourth-order valence-corrected chi connectivity index (χ4v) is 4.20. The van der Waals surface area contributed by atoms with Gasteiger partial charge in [0.15, 0.2) is 0 Å². The van der Waals surface area contributed by atoms with Crippen molar-refractivity contribution in [1.29, 1.82) is 0 Å². The molecule has 1 aliphatic rings. The van der Waals surface area contributed by atoms with Crippen molar-refractivity contribution >= 4 is 33.2 Å². The molecular formula is C17H20BrN3O2S. The van der Waals surface area contributed by atoms with Crippen LogP contribution in [0.3, 0.4) is 0 Å². The summed E-state index contributed by atoms with van der Waals surface area (Å²) in [5.41, 5.74) is 7.45. The summed E-state index contributed by atoms with van der Waals surface area (Å²) in [4.78, 5) is 18.4. The highest BCUT2D eigenvalue weighted by molar-refractivity contribution is 9.10. The van der Waals surface area contributed by atoms with Crippen molar-refractivity contribution in [2.24, 2.45) is 11.7 Å². The lowest BCUT2D eigenvalue weighted by Gasteiger charge is -2.30. The van der Waals surface area contributed by atoms with E-state index in [1.54, 1.807) is 18.4 Å². The first-order valence-corrected chi connectivity index (χ1v) is 9.54. The number of primary amides is 1. The molecule has 0 aliphatic carbocycles. The largest absolute Gasteiger partial charge is 0.496 e. The van der Waals surface area contributed by atoms with Gasteiger partial charge in [0.25, 0.3) is 0 Å². The Morgan fingerprint density at radius 3 is 3.12 bits per heavy atom. The van der Waals surface area contributed by atoms with Gasteiger partial charge in [-0.1, -0.05) is 15.9 Å². The number of carbonyl (C=O) groups is 1. The van der Waals surface area contributed by atoms with Gasteiger partial charge in [0.2, 0.25) is 5.91 Å². The lowest BCUT2D eigenvalue weighted by atomic mass is 9.97. The first-order valence-electron chi connectivity index (χ1n) is 7.87. The van der Waals surface area contributed by atoms with Gasteiger partial charge in [-0.05, 0) is 37.6 Å². The Labute approximate surface area is 154 Å². The maximum absolute atomic E-state index is 11.4. The topological polar surface area (TPSA) is 68.4 Å². The molecule has 2 aromatic rings. The van der Waals surface area contributed by atoms with E-state index >= 15 is 0 Å². The van der Waals surface area contributed by atoms with Crippen LogP contribution in [0.15, 0.2) is 28.1 Å². The second-order valence-corrected chi connectivity index (χ2v) is 7.74. The molecule has 0 saturated carbocycles.